The fourth-order valence-electron chi connectivity index (χ4n) is 3.88. The van der Waals surface area contributed by atoms with Crippen molar-refractivity contribution in [2.24, 2.45) is 0 Å². The molecule has 1 aliphatic heterocycles. The molecule has 0 aliphatic carbocycles. The topological polar surface area (TPSA) is 60.0 Å². The highest BCUT2D eigenvalue weighted by molar-refractivity contribution is 6.09. The minimum Gasteiger partial charge on any atom is -0.497 e. The molecule has 1 fully saturated rings. The van der Waals surface area contributed by atoms with Crippen molar-refractivity contribution >= 4 is 28.1 Å². The quantitative estimate of drug-likeness (QED) is 0.583. The molecule has 1 saturated heterocycles. The number of ether oxygens (including phenoxy) is 3. The molecule has 31 heavy (non-hydrogen) atoms. The molecule has 0 radical (unpaired) electrons. The van der Waals surface area contributed by atoms with E-state index in [1.54, 1.807) is 7.11 Å². The van der Waals surface area contributed by atoms with Crippen molar-refractivity contribution in [1.29, 1.82) is 0 Å². The van der Waals surface area contributed by atoms with Gasteiger partial charge in [-0.15, -0.1) is 0 Å². The molecule has 0 aromatic heterocycles. The highest BCUT2D eigenvalue weighted by Crippen LogP contribution is 2.32. The molecule has 4 rings (SSSR count). The first kappa shape index (κ1) is 21.2. The van der Waals surface area contributed by atoms with E-state index in [0.717, 1.165) is 46.5 Å². The van der Waals surface area contributed by atoms with Gasteiger partial charge < -0.3 is 24.4 Å². The fraction of sp³-hybridized carbons (Fsp3) is 0.320. The molecule has 1 aliphatic rings. The Balaban J connectivity index is 1.62. The molecule has 0 spiro atoms. The number of methoxy groups -OCH3 is 1. The van der Waals surface area contributed by atoms with Crippen LogP contribution in [0.1, 0.15) is 36.1 Å². The number of nitrogens with one attached hydrogen (secondary N) is 1. The molecule has 1 heterocycles. The third-order valence-electron chi connectivity index (χ3n) is 5.57. The molecule has 0 unspecified atom stereocenters. The molecular weight excluding hydrogens is 392 g/mol. The second-order valence-corrected chi connectivity index (χ2v) is 7.40. The first-order valence-corrected chi connectivity index (χ1v) is 10.6. The van der Waals surface area contributed by atoms with E-state index in [0.29, 0.717) is 18.8 Å². The average Bonchev–Trinajstić information content (AvgIpc) is 3.35. The monoisotopic (exact) mass is 420 g/mol. The summed E-state index contributed by atoms with van der Waals surface area (Å²) in [6.07, 6.45) is -0.321. The smallest absolute Gasteiger partial charge is 0.255 e. The van der Waals surface area contributed by atoms with Gasteiger partial charge in [0.2, 0.25) is 0 Å². The third kappa shape index (κ3) is 4.50. The molecule has 0 bridgehead atoms. The van der Waals surface area contributed by atoms with E-state index >= 15 is 0 Å². The van der Waals surface area contributed by atoms with Gasteiger partial charge in [-0.25, -0.2) is 0 Å². The van der Waals surface area contributed by atoms with E-state index in [1.165, 1.54) is 0 Å². The van der Waals surface area contributed by atoms with E-state index in [1.807, 2.05) is 54.6 Å². The average molecular weight is 421 g/mol. The second-order valence-electron chi connectivity index (χ2n) is 7.40. The predicted octanol–water partition coefficient (Wildman–Crippen LogP) is 4.99. The van der Waals surface area contributed by atoms with E-state index in [4.69, 9.17) is 14.2 Å². The molecule has 0 saturated carbocycles. The van der Waals surface area contributed by atoms with Crippen molar-refractivity contribution in [3.8, 4) is 5.75 Å². The first-order valence-electron chi connectivity index (χ1n) is 10.6. The number of hydrogen-bond donors (Lipinski definition) is 1. The summed E-state index contributed by atoms with van der Waals surface area (Å²) >= 11 is 0. The fourth-order valence-corrected chi connectivity index (χ4v) is 3.88. The Morgan fingerprint density at radius 2 is 1.74 bits per heavy atom. The lowest BCUT2D eigenvalue weighted by Crippen LogP contribution is -2.23. The van der Waals surface area contributed by atoms with Gasteiger partial charge in [-0.05, 0) is 55.6 Å². The summed E-state index contributed by atoms with van der Waals surface area (Å²) in [5, 5.41) is 5.07. The number of carbonyl (C=O) groups is 1. The summed E-state index contributed by atoms with van der Waals surface area (Å²) in [7, 11) is 1.66. The number of benzene rings is 3. The van der Waals surface area contributed by atoms with Crippen LogP contribution in [0.15, 0.2) is 54.6 Å². The summed E-state index contributed by atoms with van der Waals surface area (Å²) in [5.41, 5.74) is 3.31. The number of anilines is 2. The Kier molecular flexibility index (Phi) is 6.39. The number of rotatable bonds is 7. The zero-order valence-corrected chi connectivity index (χ0v) is 18.2. The number of carbonyl (C=O) groups excluding carboxylic acids is 1. The summed E-state index contributed by atoms with van der Waals surface area (Å²) in [6.45, 7) is 7.13. The highest BCUT2D eigenvalue weighted by atomic mass is 16.7. The van der Waals surface area contributed by atoms with Crippen molar-refractivity contribution in [1.82, 2.24) is 0 Å². The van der Waals surface area contributed by atoms with Crippen molar-refractivity contribution in [2.75, 3.05) is 43.6 Å². The Morgan fingerprint density at radius 1 is 1.03 bits per heavy atom. The molecule has 0 atom stereocenters. The maximum atomic E-state index is 13.1. The van der Waals surface area contributed by atoms with E-state index in [2.05, 4.69) is 24.1 Å². The van der Waals surface area contributed by atoms with Crippen LogP contribution in [0.5, 0.6) is 5.75 Å². The molecule has 6 heteroatoms. The largest absolute Gasteiger partial charge is 0.497 e. The van der Waals surface area contributed by atoms with Crippen molar-refractivity contribution in [3.05, 3.63) is 65.7 Å². The molecule has 3 aromatic rings. The number of amides is 1. The minimum atomic E-state index is -0.321. The van der Waals surface area contributed by atoms with E-state index in [9.17, 15) is 4.79 Å². The van der Waals surface area contributed by atoms with Gasteiger partial charge in [0.1, 0.15) is 5.75 Å². The highest BCUT2D eigenvalue weighted by Gasteiger charge is 2.18. The molecule has 162 valence electrons. The zero-order chi connectivity index (χ0) is 21.8. The maximum Gasteiger partial charge on any atom is 0.255 e. The summed E-state index contributed by atoms with van der Waals surface area (Å²) in [4.78, 5) is 15.3. The Bertz CT molecular complexity index is 1060. The lowest BCUT2D eigenvalue weighted by Gasteiger charge is -2.24. The van der Waals surface area contributed by atoms with Gasteiger partial charge in [0.15, 0.2) is 6.29 Å². The van der Waals surface area contributed by atoms with Gasteiger partial charge in [-0.3, -0.25) is 4.79 Å². The zero-order valence-electron chi connectivity index (χ0n) is 18.2. The van der Waals surface area contributed by atoms with Crippen LogP contribution in [-0.2, 0) is 9.47 Å². The van der Waals surface area contributed by atoms with Crippen LogP contribution in [0.25, 0.3) is 10.8 Å². The third-order valence-corrected chi connectivity index (χ3v) is 5.57. The number of fused-ring (bicyclic) bond motifs is 1. The van der Waals surface area contributed by atoms with Gasteiger partial charge in [0.25, 0.3) is 5.91 Å². The van der Waals surface area contributed by atoms with Gasteiger partial charge in [-0.2, -0.15) is 0 Å². The molecule has 1 amide bonds. The lowest BCUT2D eigenvalue weighted by molar-refractivity contribution is -0.0441. The Morgan fingerprint density at radius 3 is 2.39 bits per heavy atom. The second kappa shape index (κ2) is 9.37. The summed E-state index contributed by atoms with van der Waals surface area (Å²) in [5.74, 6) is 0.653. The maximum absolute atomic E-state index is 13.1. The van der Waals surface area contributed by atoms with Crippen LogP contribution >= 0.6 is 0 Å². The molecule has 6 nitrogen and oxygen atoms in total. The van der Waals surface area contributed by atoms with Crippen LogP contribution in [0, 0.1) is 0 Å². The number of hydrogen-bond acceptors (Lipinski definition) is 5. The van der Waals surface area contributed by atoms with E-state index in [-0.39, 0.29) is 12.2 Å². The SMILES string of the molecule is CCN(CC)c1cc(C(=O)Nc2ccc(C3OCCO3)cc2)cc2ccc(OC)cc12. The van der Waals surface area contributed by atoms with Crippen LogP contribution < -0.4 is 15.0 Å². The van der Waals surface area contributed by atoms with Gasteiger partial charge in [0.05, 0.1) is 20.3 Å². The Labute approximate surface area is 182 Å². The van der Waals surface area contributed by atoms with E-state index < -0.39 is 0 Å². The van der Waals surface area contributed by atoms with Crippen LogP contribution in [-0.4, -0.2) is 39.3 Å². The molecule has 1 N–H and O–H groups in total. The van der Waals surface area contributed by atoms with Crippen molar-refractivity contribution in [3.63, 3.8) is 0 Å². The number of nitrogens with zero attached hydrogens (tertiary/aromatic N) is 1. The van der Waals surface area contributed by atoms with Gasteiger partial charge >= 0.3 is 0 Å². The normalized spacial score (nSPS) is 14.0. The molecule has 3 aromatic carbocycles. The molecular formula is C25H28N2O4. The Hall–Kier alpha value is -3.09. The van der Waals surface area contributed by atoms with Crippen molar-refractivity contribution in [2.45, 2.75) is 20.1 Å². The lowest BCUT2D eigenvalue weighted by atomic mass is 10.0. The summed E-state index contributed by atoms with van der Waals surface area (Å²) in [6, 6.07) is 17.4. The predicted molar refractivity (Wildman–Crippen MR) is 123 cm³/mol. The van der Waals surface area contributed by atoms with Crippen molar-refractivity contribution < 1.29 is 19.0 Å². The first-order chi connectivity index (χ1) is 15.1. The van der Waals surface area contributed by atoms with Crippen LogP contribution in [0.2, 0.25) is 0 Å². The van der Waals surface area contributed by atoms with Gasteiger partial charge in [-0.1, -0.05) is 18.2 Å². The summed E-state index contributed by atoms with van der Waals surface area (Å²) < 4.78 is 16.5. The minimum absolute atomic E-state index is 0.146. The standard InChI is InChI=1S/C25H28N2O4/c1-4-27(5-2)23-15-19(14-18-8-11-21(29-3)16-22(18)23)24(28)26-20-9-6-17(7-10-20)25-30-12-13-31-25/h6-11,14-16,25H,4-5,12-13H2,1-3H3,(H,26,28). The van der Waals surface area contributed by atoms with Crippen LogP contribution in [0.4, 0.5) is 11.4 Å². The van der Waals surface area contributed by atoms with Crippen LogP contribution in [0.3, 0.4) is 0 Å². The van der Waals surface area contributed by atoms with Gasteiger partial charge in [0, 0.05) is 41.0 Å².